The smallest absolute Gasteiger partial charge is 0.254 e. The highest BCUT2D eigenvalue weighted by Gasteiger charge is 2.28. The average Bonchev–Trinajstić information content (AvgIpc) is 2.34. The summed E-state index contributed by atoms with van der Waals surface area (Å²) >= 11 is 0. The molecule has 0 bridgehead atoms. The molecular formula is C14H21ClN2O2. The van der Waals surface area contributed by atoms with E-state index in [-0.39, 0.29) is 30.5 Å². The van der Waals surface area contributed by atoms with Gasteiger partial charge in [0.1, 0.15) is 0 Å². The zero-order valence-electron chi connectivity index (χ0n) is 11.6. The van der Waals surface area contributed by atoms with Gasteiger partial charge >= 0.3 is 0 Å². The molecule has 1 aliphatic rings. The molecule has 1 aliphatic heterocycles. The Morgan fingerprint density at radius 3 is 2.79 bits per heavy atom. The first-order valence-electron chi connectivity index (χ1n) is 6.27. The maximum absolute atomic E-state index is 12.5. The molecule has 1 amide bonds. The summed E-state index contributed by atoms with van der Waals surface area (Å²) in [6.45, 7) is 7.15. The van der Waals surface area contributed by atoms with E-state index in [1.807, 2.05) is 37.8 Å². The molecule has 0 spiro atoms. The maximum Gasteiger partial charge on any atom is 0.254 e. The molecule has 1 aromatic rings. The number of nitrogen functional groups attached to an aromatic ring is 1. The van der Waals surface area contributed by atoms with Gasteiger partial charge in [-0.15, -0.1) is 12.4 Å². The molecule has 0 aromatic heterocycles. The lowest BCUT2D eigenvalue weighted by atomic mass is 10.0. The van der Waals surface area contributed by atoms with Crippen molar-refractivity contribution in [2.24, 2.45) is 0 Å². The third-order valence-corrected chi connectivity index (χ3v) is 3.36. The molecule has 0 saturated carbocycles. The molecular weight excluding hydrogens is 264 g/mol. The SMILES string of the molecule is Cc1ccc(N)cc1C(=O)N1CC(C)OCC1C.Cl. The summed E-state index contributed by atoms with van der Waals surface area (Å²) in [6, 6.07) is 5.56. The van der Waals surface area contributed by atoms with Crippen LogP contribution in [-0.4, -0.2) is 36.1 Å². The Bertz CT molecular complexity index is 465. The minimum atomic E-state index is 0. The van der Waals surface area contributed by atoms with Gasteiger partial charge in [-0.05, 0) is 38.5 Å². The number of benzene rings is 1. The molecule has 106 valence electrons. The van der Waals surface area contributed by atoms with Crippen LogP contribution in [0, 0.1) is 6.92 Å². The number of hydrogen-bond acceptors (Lipinski definition) is 3. The molecule has 2 unspecified atom stereocenters. The summed E-state index contributed by atoms with van der Waals surface area (Å²) in [5, 5.41) is 0. The van der Waals surface area contributed by atoms with Crippen molar-refractivity contribution in [3.63, 3.8) is 0 Å². The van der Waals surface area contributed by atoms with Crippen LogP contribution in [0.4, 0.5) is 5.69 Å². The normalized spacial score (nSPS) is 22.8. The van der Waals surface area contributed by atoms with Crippen LogP contribution in [0.3, 0.4) is 0 Å². The quantitative estimate of drug-likeness (QED) is 0.805. The van der Waals surface area contributed by atoms with Gasteiger partial charge in [-0.1, -0.05) is 6.07 Å². The zero-order chi connectivity index (χ0) is 13.3. The lowest BCUT2D eigenvalue weighted by molar-refractivity contribution is -0.0387. The minimum absolute atomic E-state index is 0. The predicted molar refractivity (Wildman–Crippen MR) is 78.8 cm³/mol. The Balaban J connectivity index is 0.00000180. The van der Waals surface area contributed by atoms with Gasteiger partial charge in [-0.3, -0.25) is 4.79 Å². The molecule has 0 radical (unpaired) electrons. The molecule has 2 atom stereocenters. The Hall–Kier alpha value is -1.26. The van der Waals surface area contributed by atoms with E-state index in [0.29, 0.717) is 24.4 Å². The van der Waals surface area contributed by atoms with Gasteiger partial charge in [-0.25, -0.2) is 0 Å². The van der Waals surface area contributed by atoms with Crippen molar-refractivity contribution in [3.05, 3.63) is 29.3 Å². The molecule has 2 rings (SSSR count). The number of halogens is 1. The van der Waals surface area contributed by atoms with E-state index in [1.54, 1.807) is 6.07 Å². The number of amides is 1. The molecule has 1 aromatic carbocycles. The van der Waals surface area contributed by atoms with Gasteiger partial charge in [0.05, 0.1) is 18.8 Å². The number of hydrogen-bond donors (Lipinski definition) is 1. The highest BCUT2D eigenvalue weighted by Crippen LogP contribution is 2.19. The fourth-order valence-corrected chi connectivity index (χ4v) is 2.21. The number of ether oxygens (including phenoxy) is 1. The second-order valence-corrected chi connectivity index (χ2v) is 5.02. The van der Waals surface area contributed by atoms with Crippen molar-refractivity contribution >= 4 is 24.0 Å². The first kappa shape index (κ1) is 15.8. The molecule has 1 heterocycles. The van der Waals surface area contributed by atoms with Gasteiger partial charge in [0.2, 0.25) is 0 Å². The summed E-state index contributed by atoms with van der Waals surface area (Å²) in [5.74, 6) is 0.0439. The maximum atomic E-state index is 12.5. The third kappa shape index (κ3) is 3.39. The fourth-order valence-electron chi connectivity index (χ4n) is 2.21. The Kier molecular flexibility index (Phi) is 5.20. The fraction of sp³-hybridized carbons (Fsp3) is 0.500. The van der Waals surface area contributed by atoms with Crippen LogP contribution < -0.4 is 5.73 Å². The largest absolute Gasteiger partial charge is 0.399 e. The number of aryl methyl sites for hydroxylation is 1. The van der Waals surface area contributed by atoms with Gasteiger partial charge < -0.3 is 15.4 Å². The number of nitrogens with zero attached hydrogens (tertiary/aromatic N) is 1. The van der Waals surface area contributed by atoms with E-state index in [2.05, 4.69) is 0 Å². The molecule has 1 saturated heterocycles. The highest BCUT2D eigenvalue weighted by molar-refractivity contribution is 5.96. The number of nitrogens with two attached hydrogens (primary N) is 1. The summed E-state index contributed by atoms with van der Waals surface area (Å²) in [4.78, 5) is 14.4. The Morgan fingerprint density at radius 2 is 2.11 bits per heavy atom. The Labute approximate surface area is 120 Å². The number of morpholine rings is 1. The summed E-state index contributed by atoms with van der Waals surface area (Å²) < 4.78 is 5.54. The average molecular weight is 285 g/mol. The molecule has 0 aliphatic carbocycles. The van der Waals surface area contributed by atoms with E-state index in [1.165, 1.54) is 0 Å². The number of carbonyl (C=O) groups is 1. The predicted octanol–water partition coefficient (Wildman–Crippen LogP) is 2.25. The first-order chi connectivity index (χ1) is 8.49. The minimum Gasteiger partial charge on any atom is -0.399 e. The summed E-state index contributed by atoms with van der Waals surface area (Å²) in [7, 11) is 0. The van der Waals surface area contributed by atoms with Crippen LogP contribution in [0.2, 0.25) is 0 Å². The zero-order valence-corrected chi connectivity index (χ0v) is 12.4. The van der Waals surface area contributed by atoms with Crippen molar-refractivity contribution in [2.75, 3.05) is 18.9 Å². The van der Waals surface area contributed by atoms with Crippen molar-refractivity contribution in [2.45, 2.75) is 32.9 Å². The number of carbonyl (C=O) groups excluding carboxylic acids is 1. The monoisotopic (exact) mass is 284 g/mol. The third-order valence-electron chi connectivity index (χ3n) is 3.36. The van der Waals surface area contributed by atoms with Crippen molar-refractivity contribution in [1.82, 2.24) is 4.90 Å². The van der Waals surface area contributed by atoms with E-state index >= 15 is 0 Å². The highest BCUT2D eigenvalue weighted by atomic mass is 35.5. The van der Waals surface area contributed by atoms with E-state index in [4.69, 9.17) is 10.5 Å². The Morgan fingerprint density at radius 1 is 1.42 bits per heavy atom. The van der Waals surface area contributed by atoms with Gasteiger partial charge in [0, 0.05) is 17.8 Å². The molecule has 4 nitrogen and oxygen atoms in total. The topological polar surface area (TPSA) is 55.6 Å². The second-order valence-electron chi connectivity index (χ2n) is 5.02. The van der Waals surface area contributed by atoms with Crippen molar-refractivity contribution in [3.8, 4) is 0 Å². The van der Waals surface area contributed by atoms with Crippen molar-refractivity contribution < 1.29 is 9.53 Å². The standard InChI is InChI=1S/C14H20N2O2.ClH/c1-9-4-5-12(15)6-13(9)14(17)16-7-11(3)18-8-10(16)2;/h4-6,10-11H,7-8,15H2,1-3H3;1H. The summed E-state index contributed by atoms with van der Waals surface area (Å²) in [6.07, 6.45) is 0.0894. The lowest BCUT2D eigenvalue weighted by Crippen LogP contribution is -2.50. The van der Waals surface area contributed by atoms with Crippen LogP contribution in [0.15, 0.2) is 18.2 Å². The molecule has 1 fully saturated rings. The first-order valence-corrected chi connectivity index (χ1v) is 6.27. The van der Waals surface area contributed by atoms with E-state index in [9.17, 15) is 4.79 Å². The van der Waals surface area contributed by atoms with Crippen LogP contribution >= 0.6 is 12.4 Å². The number of rotatable bonds is 1. The molecule has 5 heteroatoms. The number of anilines is 1. The van der Waals surface area contributed by atoms with Crippen LogP contribution in [0.5, 0.6) is 0 Å². The van der Waals surface area contributed by atoms with Crippen LogP contribution in [-0.2, 0) is 4.74 Å². The molecule has 19 heavy (non-hydrogen) atoms. The summed E-state index contributed by atoms with van der Waals surface area (Å²) in [5.41, 5.74) is 8.03. The van der Waals surface area contributed by atoms with E-state index in [0.717, 1.165) is 5.56 Å². The van der Waals surface area contributed by atoms with E-state index < -0.39 is 0 Å². The van der Waals surface area contributed by atoms with Gasteiger partial charge in [-0.2, -0.15) is 0 Å². The molecule has 2 N–H and O–H groups in total. The lowest BCUT2D eigenvalue weighted by Gasteiger charge is -2.37. The van der Waals surface area contributed by atoms with Gasteiger partial charge in [0.15, 0.2) is 0 Å². The van der Waals surface area contributed by atoms with Crippen molar-refractivity contribution in [1.29, 1.82) is 0 Å². The van der Waals surface area contributed by atoms with Crippen LogP contribution in [0.1, 0.15) is 29.8 Å². The van der Waals surface area contributed by atoms with Gasteiger partial charge in [0.25, 0.3) is 5.91 Å². The second kappa shape index (κ2) is 6.26. The van der Waals surface area contributed by atoms with Crippen LogP contribution in [0.25, 0.3) is 0 Å².